The fourth-order valence-corrected chi connectivity index (χ4v) is 4.20. The van der Waals surface area contributed by atoms with Gasteiger partial charge in [0.25, 0.3) is 0 Å². The third-order valence-electron chi connectivity index (χ3n) is 6.21. The van der Waals surface area contributed by atoms with E-state index in [9.17, 15) is 14.3 Å². The van der Waals surface area contributed by atoms with Crippen LogP contribution in [0.2, 0.25) is 0 Å². The summed E-state index contributed by atoms with van der Waals surface area (Å²) in [4.78, 5) is 21.3. The molecule has 0 atom stereocenters. The van der Waals surface area contributed by atoms with E-state index in [2.05, 4.69) is 10.3 Å². The van der Waals surface area contributed by atoms with Gasteiger partial charge in [0.05, 0.1) is 23.2 Å². The molecule has 1 saturated carbocycles. The number of fused-ring (bicyclic) bond motifs is 1. The fourth-order valence-electron chi connectivity index (χ4n) is 4.20. The first kappa shape index (κ1) is 23.0. The van der Waals surface area contributed by atoms with Gasteiger partial charge in [0.2, 0.25) is 5.91 Å². The number of aromatic nitrogens is 3. The molecule has 4 N–H and O–H groups in total. The summed E-state index contributed by atoms with van der Waals surface area (Å²) in [5.74, 6) is 0.464. The van der Waals surface area contributed by atoms with Crippen molar-refractivity contribution in [2.45, 2.75) is 44.9 Å². The number of nitrogens with two attached hydrogens (primary N) is 1. The Balaban J connectivity index is 1.65. The molecule has 4 aromatic rings. The minimum Gasteiger partial charge on any atom is -0.389 e. The van der Waals surface area contributed by atoms with Crippen LogP contribution in [0.4, 0.5) is 10.2 Å². The van der Waals surface area contributed by atoms with E-state index in [1.807, 2.05) is 34.9 Å². The normalized spacial score (nSPS) is 13.8. The van der Waals surface area contributed by atoms with Gasteiger partial charge in [-0.05, 0) is 55.9 Å². The van der Waals surface area contributed by atoms with Crippen molar-refractivity contribution in [2.24, 2.45) is 5.73 Å². The molecule has 0 radical (unpaired) electrons. The number of primary amides is 1. The molecule has 2 aromatic heterocycles. The van der Waals surface area contributed by atoms with Gasteiger partial charge in [-0.3, -0.25) is 9.20 Å². The molecule has 2 heterocycles. The van der Waals surface area contributed by atoms with Crippen molar-refractivity contribution >= 4 is 17.4 Å². The SMILES string of the molecule is CC(C)(O)CNc1nc(-c2ccc(CF)cc2)cn2c(-c3ccc(C(N)=O)c(C4CC4)c3)cnc12. The Labute approximate surface area is 202 Å². The molecule has 5 rings (SSSR count). The summed E-state index contributed by atoms with van der Waals surface area (Å²) in [6, 6.07) is 12.9. The van der Waals surface area contributed by atoms with Crippen molar-refractivity contribution in [2.75, 3.05) is 11.9 Å². The smallest absolute Gasteiger partial charge is 0.248 e. The zero-order valence-electron chi connectivity index (χ0n) is 19.8. The number of rotatable bonds is 8. The third-order valence-corrected chi connectivity index (χ3v) is 6.21. The van der Waals surface area contributed by atoms with Gasteiger partial charge < -0.3 is 16.2 Å². The van der Waals surface area contributed by atoms with Crippen molar-refractivity contribution in [1.29, 1.82) is 0 Å². The number of carbonyl (C=O) groups is 1. The van der Waals surface area contributed by atoms with Gasteiger partial charge in [-0.15, -0.1) is 0 Å². The maximum atomic E-state index is 13.0. The highest BCUT2D eigenvalue weighted by Gasteiger charge is 2.28. The average molecular weight is 474 g/mol. The van der Waals surface area contributed by atoms with E-state index in [0.29, 0.717) is 34.2 Å². The second-order valence-electron chi connectivity index (χ2n) is 9.75. The van der Waals surface area contributed by atoms with E-state index in [1.54, 1.807) is 38.2 Å². The van der Waals surface area contributed by atoms with Gasteiger partial charge in [0, 0.05) is 29.4 Å². The lowest BCUT2D eigenvalue weighted by molar-refractivity contribution is 0.0943. The molecular formula is C27H28FN5O2. The maximum Gasteiger partial charge on any atom is 0.248 e. The fraction of sp³-hybridized carbons (Fsp3) is 0.296. The molecule has 8 heteroatoms. The van der Waals surface area contributed by atoms with Crippen LogP contribution in [0, 0.1) is 0 Å². The van der Waals surface area contributed by atoms with Gasteiger partial charge in [-0.2, -0.15) is 0 Å². The van der Waals surface area contributed by atoms with Crippen LogP contribution in [0.15, 0.2) is 54.9 Å². The highest BCUT2D eigenvalue weighted by Crippen LogP contribution is 2.43. The number of alkyl halides is 1. The first-order chi connectivity index (χ1) is 16.7. The number of hydrogen-bond acceptors (Lipinski definition) is 5. The molecular weight excluding hydrogens is 445 g/mol. The minimum absolute atomic E-state index is 0.279. The van der Waals surface area contributed by atoms with E-state index in [1.165, 1.54) is 0 Å². The van der Waals surface area contributed by atoms with Gasteiger partial charge in [0.15, 0.2) is 11.5 Å². The second-order valence-corrected chi connectivity index (χ2v) is 9.75. The molecule has 180 valence electrons. The number of benzene rings is 2. The minimum atomic E-state index is -0.948. The van der Waals surface area contributed by atoms with E-state index in [-0.39, 0.29) is 6.54 Å². The highest BCUT2D eigenvalue weighted by atomic mass is 19.1. The monoisotopic (exact) mass is 473 g/mol. The van der Waals surface area contributed by atoms with Gasteiger partial charge >= 0.3 is 0 Å². The van der Waals surface area contributed by atoms with E-state index in [4.69, 9.17) is 10.7 Å². The van der Waals surface area contributed by atoms with Crippen LogP contribution in [0.5, 0.6) is 0 Å². The molecule has 0 bridgehead atoms. The van der Waals surface area contributed by atoms with Crippen LogP contribution >= 0.6 is 0 Å². The van der Waals surface area contributed by atoms with Crippen molar-refractivity contribution in [3.8, 4) is 22.5 Å². The zero-order chi connectivity index (χ0) is 24.7. The molecule has 7 nitrogen and oxygen atoms in total. The summed E-state index contributed by atoms with van der Waals surface area (Å²) in [5.41, 5.74) is 10.7. The molecule has 0 saturated heterocycles. The molecule has 0 unspecified atom stereocenters. The quantitative estimate of drug-likeness (QED) is 0.344. The molecule has 35 heavy (non-hydrogen) atoms. The number of nitrogens with zero attached hydrogens (tertiary/aromatic N) is 3. The van der Waals surface area contributed by atoms with Crippen LogP contribution in [0.25, 0.3) is 28.2 Å². The lowest BCUT2D eigenvalue weighted by atomic mass is 9.98. The van der Waals surface area contributed by atoms with Crippen LogP contribution in [0.1, 0.15) is 54.1 Å². The summed E-state index contributed by atoms with van der Waals surface area (Å²) in [5, 5.41) is 13.5. The Hall–Kier alpha value is -3.78. The van der Waals surface area contributed by atoms with Crippen LogP contribution in [0.3, 0.4) is 0 Å². The zero-order valence-corrected chi connectivity index (χ0v) is 19.8. The summed E-state index contributed by atoms with van der Waals surface area (Å²) >= 11 is 0. The standard InChI is InChI=1S/C27H28FN5O2/c1-27(2,35)15-31-25-26-30-13-23(19-9-10-20(24(29)34)21(11-19)17-7-8-17)33(26)14-22(32-25)18-5-3-16(12-28)4-6-18/h3-6,9-11,13-14,17,35H,7-8,12,15H2,1-2H3,(H2,29,34)(H,31,32). The Bertz CT molecular complexity index is 1400. The summed E-state index contributed by atoms with van der Waals surface area (Å²) in [6.45, 7) is 3.18. The first-order valence-corrected chi connectivity index (χ1v) is 11.7. The predicted molar refractivity (Wildman–Crippen MR) is 134 cm³/mol. The van der Waals surface area contributed by atoms with Crippen molar-refractivity contribution in [3.63, 3.8) is 0 Å². The van der Waals surface area contributed by atoms with E-state index >= 15 is 0 Å². The largest absolute Gasteiger partial charge is 0.389 e. The number of anilines is 1. The van der Waals surface area contributed by atoms with Gasteiger partial charge in [-0.1, -0.05) is 30.3 Å². The molecule has 0 aliphatic heterocycles. The van der Waals surface area contributed by atoms with Crippen LogP contribution < -0.4 is 11.1 Å². The van der Waals surface area contributed by atoms with Gasteiger partial charge in [-0.25, -0.2) is 14.4 Å². The Morgan fingerprint density at radius 1 is 1.20 bits per heavy atom. The van der Waals surface area contributed by atoms with E-state index < -0.39 is 18.2 Å². The number of halogens is 1. The number of carbonyl (C=O) groups excluding carboxylic acids is 1. The topological polar surface area (TPSA) is 106 Å². The summed E-state index contributed by atoms with van der Waals surface area (Å²) < 4.78 is 15.0. The highest BCUT2D eigenvalue weighted by molar-refractivity contribution is 5.95. The summed E-state index contributed by atoms with van der Waals surface area (Å²) in [6.07, 6.45) is 5.77. The predicted octanol–water partition coefficient (Wildman–Crippen LogP) is 4.69. The molecule has 1 fully saturated rings. The lowest BCUT2D eigenvalue weighted by Gasteiger charge is -2.19. The molecule has 1 aliphatic rings. The van der Waals surface area contributed by atoms with Crippen molar-refractivity contribution in [3.05, 3.63) is 71.5 Å². The third kappa shape index (κ3) is 4.74. The van der Waals surface area contributed by atoms with E-state index in [0.717, 1.165) is 35.2 Å². The van der Waals surface area contributed by atoms with Crippen LogP contribution in [-0.4, -0.2) is 37.5 Å². The molecule has 2 aromatic carbocycles. The summed E-state index contributed by atoms with van der Waals surface area (Å²) in [7, 11) is 0. The Morgan fingerprint density at radius 2 is 1.91 bits per heavy atom. The molecule has 1 aliphatic carbocycles. The van der Waals surface area contributed by atoms with Crippen molar-refractivity contribution < 1.29 is 14.3 Å². The van der Waals surface area contributed by atoms with Gasteiger partial charge in [0.1, 0.15) is 6.67 Å². The number of amides is 1. The number of aliphatic hydroxyl groups is 1. The lowest BCUT2D eigenvalue weighted by Crippen LogP contribution is -2.29. The second kappa shape index (κ2) is 8.78. The first-order valence-electron chi connectivity index (χ1n) is 11.7. The molecule has 1 amide bonds. The Morgan fingerprint density at radius 3 is 2.54 bits per heavy atom. The number of imidazole rings is 1. The molecule has 0 spiro atoms. The maximum absolute atomic E-state index is 13.0. The number of nitrogens with one attached hydrogen (secondary N) is 1. The number of hydrogen-bond donors (Lipinski definition) is 3. The average Bonchev–Trinajstić information content (AvgIpc) is 3.60. The van der Waals surface area contributed by atoms with Crippen LogP contribution in [-0.2, 0) is 6.67 Å². The van der Waals surface area contributed by atoms with Crippen molar-refractivity contribution in [1.82, 2.24) is 14.4 Å². The Kier molecular flexibility index (Phi) is 5.76.